The zero-order chi connectivity index (χ0) is 12.4. The van der Waals surface area contributed by atoms with Gasteiger partial charge >= 0.3 is 0 Å². The highest BCUT2D eigenvalue weighted by Gasteiger charge is 2.20. The Bertz CT molecular complexity index is 410. The molecule has 98 valence electrons. The summed E-state index contributed by atoms with van der Waals surface area (Å²) in [6.45, 7) is 1.58. The van der Waals surface area contributed by atoms with E-state index in [1.165, 1.54) is 5.56 Å². The van der Waals surface area contributed by atoms with Gasteiger partial charge in [-0.15, -0.1) is 0 Å². The first-order valence-corrected chi connectivity index (χ1v) is 6.88. The van der Waals surface area contributed by atoms with Crippen LogP contribution >= 0.6 is 0 Å². The summed E-state index contributed by atoms with van der Waals surface area (Å²) in [5, 5.41) is 10.0. The Kier molecular flexibility index (Phi) is 3.52. The third-order valence-electron chi connectivity index (χ3n) is 3.87. The molecule has 0 bridgehead atoms. The molecule has 1 atom stereocenters. The number of aliphatic hydroxyl groups is 1. The van der Waals surface area contributed by atoms with Crippen LogP contribution in [-0.2, 0) is 11.2 Å². The van der Waals surface area contributed by atoms with Crippen molar-refractivity contribution in [3.8, 4) is 5.75 Å². The average Bonchev–Trinajstić information content (AvgIpc) is 2.41. The van der Waals surface area contributed by atoms with Crippen molar-refractivity contribution in [2.45, 2.75) is 44.3 Å². The van der Waals surface area contributed by atoms with Crippen molar-refractivity contribution in [1.29, 1.82) is 0 Å². The number of ether oxygens (including phenoxy) is 2. The molecule has 1 aromatic carbocycles. The van der Waals surface area contributed by atoms with Gasteiger partial charge in [0.2, 0.25) is 0 Å². The van der Waals surface area contributed by atoms with E-state index in [9.17, 15) is 5.11 Å². The fourth-order valence-electron chi connectivity index (χ4n) is 2.81. The van der Waals surface area contributed by atoms with Gasteiger partial charge in [0.1, 0.15) is 11.9 Å². The number of aryl methyl sites for hydroxylation is 1. The number of hydrogen-bond donors (Lipinski definition) is 1. The number of benzene rings is 1. The molecule has 3 rings (SSSR count). The van der Waals surface area contributed by atoms with Gasteiger partial charge in [-0.05, 0) is 42.5 Å². The zero-order valence-corrected chi connectivity index (χ0v) is 10.6. The van der Waals surface area contributed by atoms with Crippen molar-refractivity contribution < 1.29 is 14.6 Å². The van der Waals surface area contributed by atoms with Crippen molar-refractivity contribution in [3.63, 3.8) is 0 Å². The van der Waals surface area contributed by atoms with Gasteiger partial charge in [0.25, 0.3) is 0 Å². The van der Waals surface area contributed by atoms with Crippen molar-refractivity contribution in [1.82, 2.24) is 0 Å². The minimum absolute atomic E-state index is 0.262. The Morgan fingerprint density at radius 2 is 2.00 bits per heavy atom. The lowest BCUT2D eigenvalue weighted by Gasteiger charge is -2.25. The first kappa shape index (κ1) is 12.0. The van der Waals surface area contributed by atoms with Crippen molar-refractivity contribution in [2.24, 2.45) is 0 Å². The van der Waals surface area contributed by atoms with Crippen LogP contribution in [-0.4, -0.2) is 24.4 Å². The smallest absolute Gasteiger partial charge is 0.120 e. The van der Waals surface area contributed by atoms with Crippen molar-refractivity contribution >= 4 is 0 Å². The largest absolute Gasteiger partial charge is 0.490 e. The molecule has 0 spiro atoms. The quantitative estimate of drug-likeness (QED) is 0.874. The van der Waals surface area contributed by atoms with Crippen LogP contribution in [0.4, 0.5) is 0 Å². The Morgan fingerprint density at radius 1 is 1.17 bits per heavy atom. The molecular weight excluding hydrogens is 228 g/mol. The summed E-state index contributed by atoms with van der Waals surface area (Å²) >= 11 is 0. The van der Waals surface area contributed by atoms with Crippen LogP contribution < -0.4 is 4.74 Å². The van der Waals surface area contributed by atoms with E-state index in [4.69, 9.17) is 9.47 Å². The third kappa shape index (κ3) is 2.52. The van der Waals surface area contributed by atoms with Gasteiger partial charge in [-0.3, -0.25) is 0 Å². The molecule has 1 saturated heterocycles. The topological polar surface area (TPSA) is 38.7 Å². The minimum Gasteiger partial charge on any atom is -0.490 e. The number of fused-ring (bicyclic) bond motifs is 1. The fourth-order valence-corrected chi connectivity index (χ4v) is 2.81. The molecule has 0 radical (unpaired) electrons. The maximum absolute atomic E-state index is 10.0. The molecule has 1 aromatic rings. The lowest BCUT2D eigenvalue weighted by Crippen LogP contribution is -2.26. The summed E-state index contributed by atoms with van der Waals surface area (Å²) in [7, 11) is 0. The highest BCUT2D eigenvalue weighted by Crippen LogP contribution is 2.32. The maximum atomic E-state index is 10.0. The molecule has 3 nitrogen and oxygen atoms in total. The SMILES string of the molecule is OC1CCCc2ccc(OC3CCOCC3)cc21. The molecule has 3 heteroatoms. The minimum atomic E-state index is -0.313. The average molecular weight is 248 g/mol. The Morgan fingerprint density at radius 3 is 2.83 bits per heavy atom. The molecule has 0 saturated carbocycles. The summed E-state index contributed by atoms with van der Waals surface area (Å²) in [4.78, 5) is 0. The molecule has 18 heavy (non-hydrogen) atoms. The standard InChI is InChI=1S/C15H20O3/c16-15-3-1-2-11-4-5-13(10-14(11)15)18-12-6-8-17-9-7-12/h4-5,10,12,15-16H,1-3,6-9H2. The summed E-state index contributed by atoms with van der Waals surface area (Å²) in [5.74, 6) is 0.890. The van der Waals surface area contributed by atoms with Gasteiger partial charge in [0.15, 0.2) is 0 Å². The number of hydrogen-bond acceptors (Lipinski definition) is 3. The number of rotatable bonds is 2. The molecule has 1 unspecified atom stereocenters. The van der Waals surface area contributed by atoms with Crippen molar-refractivity contribution in [2.75, 3.05) is 13.2 Å². The van der Waals surface area contributed by atoms with Crippen LogP contribution in [0, 0.1) is 0 Å². The van der Waals surface area contributed by atoms with Crippen LogP contribution in [0.3, 0.4) is 0 Å². The highest BCUT2D eigenvalue weighted by molar-refractivity contribution is 5.38. The first-order valence-electron chi connectivity index (χ1n) is 6.88. The highest BCUT2D eigenvalue weighted by atomic mass is 16.5. The second-order valence-corrected chi connectivity index (χ2v) is 5.20. The normalized spacial score (nSPS) is 24.6. The molecule has 1 heterocycles. The number of aliphatic hydroxyl groups excluding tert-OH is 1. The maximum Gasteiger partial charge on any atom is 0.120 e. The van der Waals surface area contributed by atoms with E-state index in [0.29, 0.717) is 0 Å². The van der Waals surface area contributed by atoms with E-state index in [1.807, 2.05) is 12.1 Å². The second-order valence-electron chi connectivity index (χ2n) is 5.20. The van der Waals surface area contributed by atoms with Crippen LogP contribution in [0.15, 0.2) is 18.2 Å². The molecule has 0 aromatic heterocycles. The molecule has 1 aliphatic carbocycles. The van der Waals surface area contributed by atoms with Crippen LogP contribution in [0.25, 0.3) is 0 Å². The third-order valence-corrected chi connectivity index (χ3v) is 3.87. The lowest BCUT2D eigenvalue weighted by atomic mass is 9.89. The van der Waals surface area contributed by atoms with E-state index in [2.05, 4.69) is 6.07 Å². The summed E-state index contributed by atoms with van der Waals surface area (Å²) in [6.07, 6.45) is 4.88. The van der Waals surface area contributed by atoms with Gasteiger partial charge in [-0.1, -0.05) is 6.07 Å². The van der Waals surface area contributed by atoms with Gasteiger partial charge in [0.05, 0.1) is 19.3 Å². The van der Waals surface area contributed by atoms with Crippen LogP contribution in [0.1, 0.15) is 42.9 Å². The van der Waals surface area contributed by atoms with E-state index in [1.54, 1.807) is 0 Å². The molecule has 1 aliphatic heterocycles. The first-order chi connectivity index (χ1) is 8.83. The molecule has 1 fully saturated rings. The molecule has 2 aliphatic rings. The van der Waals surface area contributed by atoms with Crippen LogP contribution in [0.5, 0.6) is 5.75 Å². The van der Waals surface area contributed by atoms with E-state index < -0.39 is 0 Å². The van der Waals surface area contributed by atoms with E-state index >= 15 is 0 Å². The predicted octanol–water partition coefficient (Wildman–Crippen LogP) is 2.61. The molecule has 0 amide bonds. The summed E-state index contributed by atoms with van der Waals surface area (Å²) in [5.41, 5.74) is 2.33. The van der Waals surface area contributed by atoms with Gasteiger partial charge in [-0.2, -0.15) is 0 Å². The second kappa shape index (κ2) is 5.29. The predicted molar refractivity (Wildman–Crippen MR) is 68.8 cm³/mol. The Labute approximate surface area is 108 Å². The van der Waals surface area contributed by atoms with E-state index in [-0.39, 0.29) is 12.2 Å². The fraction of sp³-hybridized carbons (Fsp3) is 0.600. The van der Waals surface area contributed by atoms with E-state index in [0.717, 1.165) is 56.6 Å². The Hall–Kier alpha value is -1.06. The Balaban J connectivity index is 1.74. The van der Waals surface area contributed by atoms with Crippen LogP contribution in [0.2, 0.25) is 0 Å². The van der Waals surface area contributed by atoms with Gasteiger partial charge < -0.3 is 14.6 Å². The summed E-state index contributed by atoms with van der Waals surface area (Å²) < 4.78 is 11.3. The monoisotopic (exact) mass is 248 g/mol. The lowest BCUT2D eigenvalue weighted by molar-refractivity contribution is 0.0254. The van der Waals surface area contributed by atoms with Crippen molar-refractivity contribution in [3.05, 3.63) is 29.3 Å². The van der Waals surface area contributed by atoms with Gasteiger partial charge in [0, 0.05) is 12.8 Å². The summed E-state index contributed by atoms with van der Waals surface area (Å²) in [6, 6.07) is 6.16. The zero-order valence-electron chi connectivity index (χ0n) is 10.6. The molecular formula is C15H20O3. The van der Waals surface area contributed by atoms with Gasteiger partial charge in [-0.25, -0.2) is 0 Å². The molecule has 1 N–H and O–H groups in total.